The molecule has 0 aliphatic rings. The number of carbonyl (C=O) groups is 1. The maximum Gasteiger partial charge on any atom is 0.221 e. The Morgan fingerprint density at radius 1 is 1.29 bits per heavy atom. The number of carbonyl (C=O) groups excluding carboxylic acids is 1. The summed E-state index contributed by atoms with van der Waals surface area (Å²) >= 11 is 0. The highest BCUT2D eigenvalue weighted by molar-refractivity contribution is 7.90. The standard InChI is InChI=1S/C8H18N2O3S/c1-9-8(11)4-6-10-5-3-7-14(2,12)13/h10H,3-7H2,1-2H3,(H,9,11). The molecule has 2 N–H and O–H groups in total. The Labute approximate surface area is 85.2 Å². The third-order valence-corrected chi connectivity index (χ3v) is 2.71. The molecule has 0 aromatic carbocycles. The molecule has 5 nitrogen and oxygen atoms in total. The Morgan fingerprint density at radius 3 is 2.43 bits per heavy atom. The van der Waals surface area contributed by atoms with Crippen LogP contribution >= 0.6 is 0 Å². The van der Waals surface area contributed by atoms with Gasteiger partial charge in [-0.05, 0) is 13.0 Å². The molecule has 0 radical (unpaired) electrons. The van der Waals surface area contributed by atoms with E-state index < -0.39 is 9.84 Å². The minimum absolute atomic E-state index is 0.0133. The van der Waals surface area contributed by atoms with Crippen LogP contribution in [-0.4, -0.2) is 46.5 Å². The smallest absolute Gasteiger partial charge is 0.221 e. The summed E-state index contributed by atoms with van der Waals surface area (Å²) in [7, 11) is -1.26. The SMILES string of the molecule is CNC(=O)CCNCCCS(C)(=O)=O. The second-order valence-corrected chi connectivity index (χ2v) is 5.42. The van der Waals surface area contributed by atoms with E-state index in [1.807, 2.05) is 0 Å². The largest absolute Gasteiger partial charge is 0.359 e. The quantitative estimate of drug-likeness (QED) is 0.550. The number of nitrogens with one attached hydrogen (secondary N) is 2. The second kappa shape index (κ2) is 6.78. The molecule has 14 heavy (non-hydrogen) atoms. The molecule has 0 atom stereocenters. The molecular weight excluding hydrogens is 204 g/mol. The van der Waals surface area contributed by atoms with Crippen LogP contribution in [0.5, 0.6) is 0 Å². The molecular formula is C8H18N2O3S. The van der Waals surface area contributed by atoms with Gasteiger partial charge < -0.3 is 10.6 Å². The van der Waals surface area contributed by atoms with Crippen LogP contribution in [0.1, 0.15) is 12.8 Å². The Bertz CT molecular complexity index is 262. The number of hydrogen-bond donors (Lipinski definition) is 2. The lowest BCUT2D eigenvalue weighted by atomic mass is 10.4. The summed E-state index contributed by atoms with van der Waals surface area (Å²) in [6, 6.07) is 0. The number of rotatable bonds is 7. The highest BCUT2D eigenvalue weighted by Crippen LogP contribution is 1.87. The number of hydrogen-bond acceptors (Lipinski definition) is 4. The van der Waals surface area contributed by atoms with E-state index in [1.54, 1.807) is 7.05 Å². The van der Waals surface area contributed by atoms with Crippen molar-refractivity contribution >= 4 is 15.7 Å². The van der Waals surface area contributed by atoms with Gasteiger partial charge in [-0.25, -0.2) is 8.42 Å². The molecule has 0 saturated heterocycles. The van der Waals surface area contributed by atoms with Gasteiger partial charge in [0.15, 0.2) is 0 Å². The lowest BCUT2D eigenvalue weighted by Crippen LogP contribution is -2.26. The fourth-order valence-electron chi connectivity index (χ4n) is 0.911. The van der Waals surface area contributed by atoms with E-state index in [-0.39, 0.29) is 11.7 Å². The second-order valence-electron chi connectivity index (χ2n) is 3.16. The summed E-state index contributed by atoms with van der Waals surface area (Å²) in [5, 5.41) is 5.50. The lowest BCUT2D eigenvalue weighted by Gasteiger charge is -2.03. The first kappa shape index (κ1) is 13.4. The molecule has 0 fully saturated rings. The van der Waals surface area contributed by atoms with Gasteiger partial charge in [-0.2, -0.15) is 0 Å². The van der Waals surface area contributed by atoms with E-state index in [9.17, 15) is 13.2 Å². The monoisotopic (exact) mass is 222 g/mol. The molecule has 0 aromatic rings. The van der Waals surface area contributed by atoms with E-state index in [0.717, 1.165) is 0 Å². The summed E-state index contributed by atoms with van der Waals surface area (Å²) in [5.41, 5.74) is 0. The van der Waals surface area contributed by atoms with Gasteiger partial charge >= 0.3 is 0 Å². The van der Waals surface area contributed by atoms with Gasteiger partial charge in [-0.3, -0.25) is 4.79 Å². The minimum atomic E-state index is -2.85. The van der Waals surface area contributed by atoms with Crippen molar-refractivity contribution in [3.8, 4) is 0 Å². The van der Waals surface area contributed by atoms with Crippen molar-refractivity contribution in [2.24, 2.45) is 0 Å². The highest BCUT2D eigenvalue weighted by atomic mass is 32.2. The molecule has 0 spiro atoms. The topological polar surface area (TPSA) is 75.3 Å². The molecule has 0 heterocycles. The zero-order valence-electron chi connectivity index (χ0n) is 8.67. The summed E-state index contributed by atoms with van der Waals surface area (Å²) in [6.45, 7) is 1.22. The normalized spacial score (nSPS) is 11.3. The van der Waals surface area contributed by atoms with E-state index in [4.69, 9.17) is 0 Å². The fraction of sp³-hybridized carbons (Fsp3) is 0.875. The van der Waals surface area contributed by atoms with Crippen molar-refractivity contribution in [3.05, 3.63) is 0 Å². The molecule has 0 aliphatic carbocycles. The third kappa shape index (κ3) is 9.47. The van der Waals surface area contributed by atoms with Crippen molar-refractivity contribution < 1.29 is 13.2 Å². The fourth-order valence-corrected chi connectivity index (χ4v) is 1.58. The molecule has 1 amide bonds. The molecule has 0 saturated carbocycles. The Hall–Kier alpha value is -0.620. The van der Waals surface area contributed by atoms with Gasteiger partial charge in [0.25, 0.3) is 0 Å². The predicted octanol–water partition coefficient (Wildman–Crippen LogP) is -0.853. The van der Waals surface area contributed by atoms with E-state index >= 15 is 0 Å². The summed E-state index contributed by atoms with van der Waals surface area (Å²) in [5.74, 6) is 0.181. The van der Waals surface area contributed by atoms with Crippen molar-refractivity contribution in [2.45, 2.75) is 12.8 Å². The van der Waals surface area contributed by atoms with E-state index in [1.165, 1.54) is 6.26 Å². The number of sulfone groups is 1. The van der Waals surface area contributed by atoms with Crippen LogP contribution < -0.4 is 10.6 Å². The Balaban J connectivity index is 3.27. The summed E-state index contributed by atoms with van der Waals surface area (Å²) in [6.07, 6.45) is 2.24. The van der Waals surface area contributed by atoms with E-state index in [2.05, 4.69) is 10.6 Å². The average Bonchev–Trinajstić information content (AvgIpc) is 2.08. The zero-order chi connectivity index (χ0) is 11.0. The van der Waals surface area contributed by atoms with Gasteiger partial charge in [0, 0.05) is 26.3 Å². The molecule has 0 bridgehead atoms. The summed E-state index contributed by atoms with van der Waals surface area (Å²) in [4.78, 5) is 10.8. The average molecular weight is 222 g/mol. The van der Waals surface area contributed by atoms with Crippen LogP contribution in [0, 0.1) is 0 Å². The van der Waals surface area contributed by atoms with Crippen molar-refractivity contribution in [1.82, 2.24) is 10.6 Å². The first-order chi connectivity index (χ1) is 6.45. The van der Waals surface area contributed by atoms with E-state index in [0.29, 0.717) is 25.9 Å². The van der Waals surface area contributed by atoms with Gasteiger partial charge in [0.1, 0.15) is 9.84 Å². The van der Waals surface area contributed by atoms with Gasteiger partial charge in [-0.15, -0.1) is 0 Å². The molecule has 0 rings (SSSR count). The minimum Gasteiger partial charge on any atom is -0.359 e. The predicted molar refractivity (Wildman–Crippen MR) is 55.9 cm³/mol. The van der Waals surface area contributed by atoms with Crippen LogP contribution in [0.15, 0.2) is 0 Å². The maximum atomic E-state index is 10.8. The van der Waals surface area contributed by atoms with Crippen LogP contribution in [0.4, 0.5) is 0 Å². The number of amides is 1. The van der Waals surface area contributed by atoms with Gasteiger partial charge in [-0.1, -0.05) is 0 Å². The third-order valence-electron chi connectivity index (χ3n) is 1.68. The van der Waals surface area contributed by atoms with Crippen molar-refractivity contribution in [3.63, 3.8) is 0 Å². The molecule has 0 aliphatic heterocycles. The van der Waals surface area contributed by atoms with Crippen LogP contribution in [-0.2, 0) is 14.6 Å². The molecule has 0 aromatic heterocycles. The van der Waals surface area contributed by atoms with Gasteiger partial charge in [0.05, 0.1) is 5.75 Å². The Kier molecular flexibility index (Phi) is 6.48. The lowest BCUT2D eigenvalue weighted by molar-refractivity contribution is -0.120. The maximum absolute atomic E-state index is 10.8. The molecule has 84 valence electrons. The first-order valence-electron chi connectivity index (χ1n) is 4.55. The first-order valence-corrected chi connectivity index (χ1v) is 6.61. The Morgan fingerprint density at radius 2 is 1.93 bits per heavy atom. The van der Waals surface area contributed by atoms with Crippen molar-refractivity contribution in [1.29, 1.82) is 0 Å². The molecule has 6 heteroatoms. The molecule has 0 unspecified atom stereocenters. The van der Waals surface area contributed by atoms with Gasteiger partial charge in [0.2, 0.25) is 5.91 Å². The zero-order valence-corrected chi connectivity index (χ0v) is 9.49. The highest BCUT2D eigenvalue weighted by Gasteiger charge is 2.01. The van der Waals surface area contributed by atoms with Crippen LogP contribution in [0.25, 0.3) is 0 Å². The van der Waals surface area contributed by atoms with Crippen LogP contribution in [0.2, 0.25) is 0 Å². The van der Waals surface area contributed by atoms with Crippen LogP contribution in [0.3, 0.4) is 0 Å². The van der Waals surface area contributed by atoms with Crippen molar-refractivity contribution in [2.75, 3.05) is 32.1 Å². The summed E-state index contributed by atoms with van der Waals surface area (Å²) < 4.78 is 21.5.